The van der Waals surface area contributed by atoms with Crippen LogP contribution < -0.4 is 4.74 Å². The quantitative estimate of drug-likeness (QED) is 0.845. The van der Waals surface area contributed by atoms with Gasteiger partial charge < -0.3 is 9.84 Å². The highest BCUT2D eigenvalue weighted by atomic mass is 19.4. The molecular weight excluding hydrogens is 333 g/mol. The second kappa shape index (κ2) is 6.94. The largest absolute Gasteiger partial charge is 0.490 e. The van der Waals surface area contributed by atoms with Crippen LogP contribution in [-0.4, -0.2) is 23.4 Å². The van der Waals surface area contributed by atoms with Gasteiger partial charge in [-0.3, -0.25) is 4.79 Å². The summed E-state index contributed by atoms with van der Waals surface area (Å²) < 4.78 is 45.2. The molecule has 0 bridgehead atoms. The number of halogens is 3. The van der Waals surface area contributed by atoms with E-state index in [0.29, 0.717) is 24.2 Å². The Bertz CT molecular complexity index is 770. The molecule has 0 radical (unpaired) electrons. The molecule has 3 rings (SSSR count). The van der Waals surface area contributed by atoms with Gasteiger partial charge in [0.05, 0.1) is 12.3 Å². The van der Waals surface area contributed by atoms with Crippen molar-refractivity contribution < 1.29 is 27.8 Å². The van der Waals surface area contributed by atoms with Gasteiger partial charge in [-0.25, -0.2) is 0 Å². The molecule has 1 N–H and O–H groups in total. The maximum Gasteiger partial charge on any atom is 0.395 e. The Balaban J connectivity index is 1.80. The highest BCUT2D eigenvalue weighted by molar-refractivity contribution is 5.85. The van der Waals surface area contributed by atoms with Crippen molar-refractivity contribution >= 4 is 16.7 Å². The van der Waals surface area contributed by atoms with Gasteiger partial charge in [0.25, 0.3) is 0 Å². The highest BCUT2D eigenvalue weighted by Crippen LogP contribution is 2.39. The molecule has 0 amide bonds. The lowest BCUT2D eigenvalue weighted by atomic mass is 9.86. The molecule has 1 aliphatic rings. The summed E-state index contributed by atoms with van der Waals surface area (Å²) in [5, 5.41) is 10.5. The fraction of sp³-hybridized carbons (Fsp3) is 0.421. The molecule has 0 saturated heterocycles. The molecule has 2 atom stereocenters. The monoisotopic (exact) mass is 352 g/mol. The van der Waals surface area contributed by atoms with Crippen molar-refractivity contribution in [3.63, 3.8) is 0 Å². The van der Waals surface area contributed by atoms with Crippen molar-refractivity contribution in [2.75, 3.05) is 0 Å². The van der Waals surface area contributed by atoms with Crippen LogP contribution in [0.3, 0.4) is 0 Å². The van der Waals surface area contributed by atoms with Crippen molar-refractivity contribution in [3.8, 4) is 5.75 Å². The Hall–Kier alpha value is -2.24. The molecule has 0 heterocycles. The third kappa shape index (κ3) is 4.24. The second-order valence-electron chi connectivity index (χ2n) is 6.50. The van der Waals surface area contributed by atoms with Gasteiger partial charge in [-0.05, 0) is 47.7 Å². The lowest BCUT2D eigenvalue weighted by Gasteiger charge is -2.33. The van der Waals surface area contributed by atoms with Crippen molar-refractivity contribution in [1.82, 2.24) is 0 Å². The van der Waals surface area contributed by atoms with E-state index in [0.717, 1.165) is 17.2 Å². The van der Waals surface area contributed by atoms with Crippen molar-refractivity contribution in [2.24, 2.45) is 5.92 Å². The molecular formula is C19H19F3O3. The van der Waals surface area contributed by atoms with Gasteiger partial charge in [0, 0.05) is 0 Å². The maximum atomic E-state index is 13.2. The number of ether oxygens (including phenoxy) is 1. The molecule has 1 aliphatic carbocycles. The zero-order chi connectivity index (χ0) is 18.0. The van der Waals surface area contributed by atoms with E-state index in [2.05, 4.69) is 0 Å². The van der Waals surface area contributed by atoms with Gasteiger partial charge in [-0.2, -0.15) is 13.2 Å². The van der Waals surface area contributed by atoms with E-state index in [1.165, 1.54) is 0 Å². The first-order chi connectivity index (χ1) is 11.8. The van der Waals surface area contributed by atoms with E-state index in [1.54, 1.807) is 36.4 Å². The molecule has 2 aromatic carbocycles. The Morgan fingerprint density at radius 2 is 1.76 bits per heavy atom. The van der Waals surface area contributed by atoms with E-state index in [1.807, 2.05) is 0 Å². The fourth-order valence-electron chi connectivity index (χ4n) is 3.42. The van der Waals surface area contributed by atoms with Crippen LogP contribution in [0.2, 0.25) is 0 Å². The zero-order valence-electron chi connectivity index (χ0n) is 13.6. The summed E-state index contributed by atoms with van der Waals surface area (Å²) >= 11 is 0. The number of rotatable bonds is 4. The maximum absolute atomic E-state index is 13.2. The van der Waals surface area contributed by atoms with Crippen LogP contribution in [0.5, 0.6) is 5.75 Å². The fourth-order valence-corrected chi connectivity index (χ4v) is 3.42. The highest BCUT2D eigenvalue weighted by Gasteiger charge is 2.46. The average molecular weight is 352 g/mol. The van der Waals surface area contributed by atoms with Crippen LogP contribution in [0, 0.1) is 5.92 Å². The Labute approximate surface area is 143 Å². The molecule has 25 heavy (non-hydrogen) atoms. The SMILES string of the molecule is O=C(O)Cc1ccc2cc(OC3CCCCC3C(F)(F)F)ccc2c1. The molecule has 2 aromatic rings. The molecule has 0 aliphatic heterocycles. The minimum atomic E-state index is -4.24. The third-order valence-electron chi connectivity index (χ3n) is 4.64. The van der Waals surface area contributed by atoms with Gasteiger partial charge in [0.2, 0.25) is 0 Å². The standard InChI is InChI=1S/C19H19F3O3/c20-19(21,22)16-3-1-2-4-17(16)25-15-8-7-13-9-12(10-18(23)24)5-6-14(13)11-15/h5-9,11,16-17H,1-4,10H2,(H,23,24). The minimum Gasteiger partial charge on any atom is -0.490 e. The number of aliphatic carboxylic acids is 1. The lowest BCUT2D eigenvalue weighted by molar-refractivity contribution is -0.203. The van der Waals surface area contributed by atoms with E-state index < -0.39 is 24.2 Å². The third-order valence-corrected chi connectivity index (χ3v) is 4.64. The van der Waals surface area contributed by atoms with Gasteiger partial charge in [0.1, 0.15) is 11.9 Å². The van der Waals surface area contributed by atoms with Crippen LogP contribution in [0.4, 0.5) is 13.2 Å². The van der Waals surface area contributed by atoms with Gasteiger partial charge in [-0.1, -0.05) is 30.7 Å². The number of hydrogen-bond acceptors (Lipinski definition) is 2. The number of alkyl halides is 3. The number of fused-ring (bicyclic) bond motifs is 1. The van der Waals surface area contributed by atoms with E-state index >= 15 is 0 Å². The van der Waals surface area contributed by atoms with E-state index in [-0.39, 0.29) is 12.8 Å². The minimum absolute atomic E-state index is 0.0659. The average Bonchev–Trinajstić information content (AvgIpc) is 2.54. The number of benzene rings is 2. The first-order valence-electron chi connectivity index (χ1n) is 8.31. The summed E-state index contributed by atoms with van der Waals surface area (Å²) in [5.74, 6) is -1.91. The number of carboxylic acids is 1. The van der Waals surface area contributed by atoms with Crippen molar-refractivity contribution in [2.45, 2.75) is 44.4 Å². The Morgan fingerprint density at radius 3 is 2.48 bits per heavy atom. The molecule has 1 fully saturated rings. The van der Waals surface area contributed by atoms with Gasteiger partial charge in [-0.15, -0.1) is 0 Å². The molecule has 134 valence electrons. The van der Waals surface area contributed by atoms with E-state index in [4.69, 9.17) is 9.84 Å². The Morgan fingerprint density at radius 1 is 1.08 bits per heavy atom. The first kappa shape index (κ1) is 17.6. The summed E-state index contributed by atoms with van der Waals surface area (Å²) in [5.41, 5.74) is 0.679. The van der Waals surface area contributed by atoms with Crippen LogP contribution in [0.25, 0.3) is 10.8 Å². The lowest BCUT2D eigenvalue weighted by Crippen LogP contribution is -2.40. The topological polar surface area (TPSA) is 46.5 Å². The van der Waals surface area contributed by atoms with Crippen LogP contribution in [-0.2, 0) is 11.2 Å². The van der Waals surface area contributed by atoms with Gasteiger partial charge >= 0.3 is 12.1 Å². The number of hydrogen-bond donors (Lipinski definition) is 1. The first-order valence-corrected chi connectivity index (χ1v) is 8.31. The zero-order valence-corrected chi connectivity index (χ0v) is 13.6. The van der Waals surface area contributed by atoms with Crippen LogP contribution in [0.15, 0.2) is 36.4 Å². The van der Waals surface area contributed by atoms with E-state index in [9.17, 15) is 18.0 Å². The number of carboxylic acid groups (broad SMARTS) is 1. The molecule has 3 nitrogen and oxygen atoms in total. The number of carbonyl (C=O) groups is 1. The smallest absolute Gasteiger partial charge is 0.395 e. The van der Waals surface area contributed by atoms with Crippen molar-refractivity contribution in [1.29, 1.82) is 0 Å². The molecule has 1 saturated carbocycles. The van der Waals surface area contributed by atoms with Crippen molar-refractivity contribution in [3.05, 3.63) is 42.0 Å². The Kier molecular flexibility index (Phi) is 4.88. The molecule has 6 heteroatoms. The predicted octanol–water partition coefficient (Wildman–Crippen LogP) is 4.97. The summed E-state index contributed by atoms with van der Waals surface area (Å²) in [4.78, 5) is 10.8. The summed E-state index contributed by atoms with van der Waals surface area (Å²) in [6.07, 6.45) is -3.33. The molecule has 0 spiro atoms. The van der Waals surface area contributed by atoms with Gasteiger partial charge in [0.15, 0.2) is 0 Å². The summed E-state index contributed by atoms with van der Waals surface area (Å²) in [6.45, 7) is 0. The summed E-state index contributed by atoms with van der Waals surface area (Å²) in [7, 11) is 0. The molecule has 0 aromatic heterocycles. The second-order valence-corrected chi connectivity index (χ2v) is 6.50. The molecule has 2 unspecified atom stereocenters. The van der Waals surface area contributed by atoms with Crippen LogP contribution >= 0.6 is 0 Å². The normalized spacial score (nSPS) is 21.2. The summed E-state index contributed by atoms with van der Waals surface area (Å²) in [6, 6.07) is 10.4. The predicted molar refractivity (Wildman–Crippen MR) is 87.7 cm³/mol. The van der Waals surface area contributed by atoms with Crippen LogP contribution in [0.1, 0.15) is 31.2 Å².